The van der Waals surface area contributed by atoms with Crippen molar-refractivity contribution in [1.29, 1.82) is 0 Å². The summed E-state index contributed by atoms with van der Waals surface area (Å²) in [4.78, 5) is 3.86. The topological polar surface area (TPSA) is 22.1 Å². The van der Waals surface area contributed by atoms with Crippen LogP contribution in [0.3, 0.4) is 0 Å². The molecule has 0 saturated carbocycles. The van der Waals surface area contributed by atoms with Gasteiger partial charge in [-0.25, -0.2) is 0 Å². The Labute approximate surface area is 79.1 Å². The summed E-state index contributed by atoms with van der Waals surface area (Å²) < 4.78 is 28.4. The average molecular weight is 195 g/mol. The molecule has 72 valence electrons. The van der Waals surface area contributed by atoms with E-state index in [1.54, 1.807) is 18.3 Å². The van der Waals surface area contributed by atoms with Gasteiger partial charge in [-0.05, 0) is 17.5 Å². The van der Waals surface area contributed by atoms with Gasteiger partial charge in [0, 0.05) is 17.8 Å². The summed E-state index contributed by atoms with van der Waals surface area (Å²) in [5, 5.41) is 1.42. The summed E-state index contributed by atoms with van der Waals surface area (Å²) >= 11 is 0. The summed E-state index contributed by atoms with van der Waals surface area (Å²) in [7, 11) is 0. The van der Waals surface area contributed by atoms with Crippen molar-refractivity contribution in [2.45, 2.75) is 6.61 Å². The smallest absolute Gasteiger partial charge is 0.387 e. The first kappa shape index (κ1) is 8.87. The van der Waals surface area contributed by atoms with Crippen molar-refractivity contribution in [2.75, 3.05) is 0 Å². The Morgan fingerprint density at radius 3 is 2.86 bits per heavy atom. The molecule has 0 spiro atoms. The summed E-state index contributed by atoms with van der Waals surface area (Å²) in [6, 6.07) is 6.72. The van der Waals surface area contributed by atoms with Crippen molar-refractivity contribution in [3.05, 3.63) is 36.7 Å². The summed E-state index contributed by atoms with van der Waals surface area (Å²) in [6.07, 6.45) is 3.11. The monoisotopic (exact) mass is 195 g/mol. The lowest BCUT2D eigenvalue weighted by molar-refractivity contribution is -0.0488. The second-order valence-electron chi connectivity index (χ2n) is 2.73. The first-order chi connectivity index (χ1) is 6.77. The zero-order valence-corrected chi connectivity index (χ0v) is 7.15. The van der Waals surface area contributed by atoms with E-state index in [0.29, 0.717) is 5.39 Å². The Morgan fingerprint density at radius 1 is 1.21 bits per heavy atom. The minimum Gasteiger partial charge on any atom is -0.434 e. The van der Waals surface area contributed by atoms with Gasteiger partial charge >= 0.3 is 6.61 Å². The van der Waals surface area contributed by atoms with Crippen LogP contribution >= 0.6 is 0 Å². The molecule has 0 atom stereocenters. The van der Waals surface area contributed by atoms with Gasteiger partial charge in [0.2, 0.25) is 0 Å². The van der Waals surface area contributed by atoms with E-state index < -0.39 is 6.61 Å². The van der Waals surface area contributed by atoms with Gasteiger partial charge in [0.1, 0.15) is 5.75 Å². The molecule has 0 saturated heterocycles. The average Bonchev–Trinajstić information content (AvgIpc) is 2.18. The lowest BCUT2D eigenvalue weighted by Crippen LogP contribution is -2.02. The van der Waals surface area contributed by atoms with Gasteiger partial charge in [0.05, 0.1) is 0 Å². The number of benzene rings is 1. The normalized spacial score (nSPS) is 10.8. The fraction of sp³-hybridized carbons (Fsp3) is 0.100. The molecule has 4 heteroatoms. The molecule has 1 aromatic heterocycles. The number of fused-ring (bicyclic) bond motifs is 1. The maximum atomic E-state index is 12.0. The van der Waals surface area contributed by atoms with Crippen LogP contribution < -0.4 is 4.74 Å². The molecule has 14 heavy (non-hydrogen) atoms. The molecule has 0 aliphatic rings. The second-order valence-corrected chi connectivity index (χ2v) is 2.73. The number of hydrogen-bond acceptors (Lipinski definition) is 2. The van der Waals surface area contributed by atoms with Crippen molar-refractivity contribution < 1.29 is 13.5 Å². The van der Waals surface area contributed by atoms with Crippen LogP contribution in [-0.4, -0.2) is 11.6 Å². The molecule has 0 fully saturated rings. The maximum Gasteiger partial charge on any atom is 0.387 e. The third-order valence-corrected chi connectivity index (χ3v) is 1.86. The van der Waals surface area contributed by atoms with Crippen molar-refractivity contribution in [3.8, 4) is 5.75 Å². The van der Waals surface area contributed by atoms with Gasteiger partial charge in [0.25, 0.3) is 0 Å². The Morgan fingerprint density at radius 2 is 2.07 bits per heavy atom. The number of pyridine rings is 1. The maximum absolute atomic E-state index is 12.0. The largest absolute Gasteiger partial charge is 0.434 e. The van der Waals surface area contributed by atoms with Gasteiger partial charge in [-0.3, -0.25) is 4.98 Å². The Balaban J connectivity index is 2.53. The first-order valence-corrected chi connectivity index (χ1v) is 4.05. The van der Waals surface area contributed by atoms with Crippen LogP contribution in [-0.2, 0) is 0 Å². The highest BCUT2D eigenvalue weighted by molar-refractivity contribution is 5.87. The molecule has 1 heterocycles. The third-order valence-electron chi connectivity index (χ3n) is 1.86. The predicted octanol–water partition coefficient (Wildman–Crippen LogP) is 2.84. The molecule has 2 rings (SSSR count). The number of nitrogens with zero attached hydrogens (tertiary/aromatic N) is 1. The molecule has 0 radical (unpaired) electrons. The Bertz CT molecular complexity index is 440. The summed E-state index contributed by atoms with van der Waals surface area (Å²) in [5.41, 5.74) is 0. The molecule has 0 unspecified atom stereocenters. The predicted molar refractivity (Wildman–Crippen MR) is 48.4 cm³/mol. The van der Waals surface area contributed by atoms with Gasteiger partial charge in [0.15, 0.2) is 0 Å². The van der Waals surface area contributed by atoms with Crippen LogP contribution in [0.1, 0.15) is 0 Å². The Kier molecular flexibility index (Phi) is 2.26. The molecule has 2 aromatic rings. The molecule has 0 bridgehead atoms. The van der Waals surface area contributed by atoms with E-state index >= 15 is 0 Å². The lowest BCUT2D eigenvalue weighted by atomic mass is 10.2. The lowest BCUT2D eigenvalue weighted by Gasteiger charge is -2.06. The van der Waals surface area contributed by atoms with E-state index in [-0.39, 0.29) is 5.75 Å². The highest BCUT2D eigenvalue weighted by Gasteiger charge is 2.07. The summed E-state index contributed by atoms with van der Waals surface area (Å²) in [5.74, 6) is 0.158. The standard InChI is InChI=1S/C10H7F2NO/c11-10(12)14-9-3-1-2-7-4-5-13-6-8(7)9/h1-6,10H. The molecular formula is C10H7F2NO. The number of rotatable bonds is 2. The number of alkyl halides is 2. The van der Waals surface area contributed by atoms with Crippen LogP contribution in [0.25, 0.3) is 10.8 Å². The minimum absolute atomic E-state index is 0.158. The molecule has 0 N–H and O–H groups in total. The Hall–Kier alpha value is -1.71. The quantitative estimate of drug-likeness (QED) is 0.735. The van der Waals surface area contributed by atoms with Gasteiger partial charge in [-0.2, -0.15) is 8.78 Å². The van der Waals surface area contributed by atoms with Crippen LogP contribution in [0.4, 0.5) is 8.78 Å². The van der Waals surface area contributed by atoms with Crippen LogP contribution in [0.5, 0.6) is 5.75 Å². The highest BCUT2D eigenvalue weighted by Crippen LogP contribution is 2.25. The van der Waals surface area contributed by atoms with E-state index in [4.69, 9.17) is 0 Å². The number of hydrogen-bond donors (Lipinski definition) is 0. The van der Waals surface area contributed by atoms with E-state index in [1.807, 2.05) is 6.07 Å². The molecule has 0 aliphatic carbocycles. The van der Waals surface area contributed by atoms with Gasteiger partial charge < -0.3 is 4.74 Å². The van der Waals surface area contributed by atoms with E-state index in [0.717, 1.165) is 5.39 Å². The summed E-state index contributed by atoms with van der Waals surface area (Å²) in [6.45, 7) is -2.80. The third kappa shape index (κ3) is 1.64. The van der Waals surface area contributed by atoms with Crippen molar-refractivity contribution in [2.24, 2.45) is 0 Å². The van der Waals surface area contributed by atoms with Gasteiger partial charge in [-0.15, -0.1) is 0 Å². The van der Waals surface area contributed by atoms with E-state index in [2.05, 4.69) is 9.72 Å². The fourth-order valence-electron chi connectivity index (χ4n) is 1.28. The number of aromatic nitrogens is 1. The highest BCUT2D eigenvalue weighted by atomic mass is 19.3. The minimum atomic E-state index is -2.80. The zero-order chi connectivity index (χ0) is 9.97. The fourth-order valence-corrected chi connectivity index (χ4v) is 1.28. The number of halogens is 2. The second kappa shape index (κ2) is 3.57. The van der Waals surface area contributed by atoms with Crippen molar-refractivity contribution in [3.63, 3.8) is 0 Å². The van der Waals surface area contributed by atoms with Crippen LogP contribution in [0, 0.1) is 0 Å². The SMILES string of the molecule is FC(F)Oc1cccc2ccncc12. The van der Waals surface area contributed by atoms with Crippen LogP contribution in [0.15, 0.2) is 36.7 Å². The molecule has 1 aromatic carbocycles. The molecule has 2 nitrogen and oxygen atoms in total. The van der Waals surface area contributed by atoms with Crippen LogP contribution in [0.2, 0.25) is 0 Å². The van der Waals surface area contributed by atoms with E-state index in [9.17, 15) is 8.78 Å². The van der Waals surface area contributed by atoms with E-state index in [1.165, 1.54) is 12.3 Å². The first-order valence-electron chi connectivity index (χ1n) is 4.05. The molecule has 0 amide bonds. The van der Waals surface area contributed by atoms with Crippen molar-refractivity contribution >= 4 is 10.8 Å². The molecule has 0 aliphatic heterocycles. The van der Waals surface area contributed by atoms with Crippen molar-refractivity contribution in [1.82, 2.24) is 4.98 Å². The van der Waals surface area contributed by atoms with Gasteiger partial charge in [-0.1, -0.05) is 12.1 Å². The number of ether oxygens (including phenoxy) is 1. The molecular weight excluding hydrogens is 188 g/mol. The zero-order valence-electron chi connectivity index (χ0n) is 7.15.